The summed E-state index contributed by atoms with van der Waals surface area (Å²) in [7, 11) is 0. The molecule has 1 unspecified atom stereocenters. The maximum atomic E-state index is 13.2. The van der Waals surface area contributed by atoms with E-state index in [1.165, 1.54) is 28.8 Å². The van der Waals surface area contributed by atoms with Gasteiger partial charge in [0.1, 0.15) is 11.4 Å². The minimum Gasteiger partial charge on any atom is -0.376 e. The third-order valence-electron chi connectivity index (χ3n) is 6.28. The maximum Gasteiger partial charge on any atom is 0.268 e. The monoisotopic (exact) mass is 399 g/mol. The van der Waals surface area contributed by atoms with Gasteiger partial charge in [0.05, 0.1) is 12.7 Å². The van der Waals surface area contributed by atoms with Crippen LogP contribution in [0.5, 0.6) is 0 Å². The number of likely N-dealkylation sites (tertiary alicyclic amines) is 1. The molecule has 1 atom stereocenters. The zero-order valence-electron chi connectivity index (χ0n) is 16.6. The van der Waals surface area contributed by atoms with Gasteiger partial charge >= 0.3 is 0 Å². The molecule has 2 aromatic rings. The molecule has 1 amide bonds. The number of ether oxygens (including phenoxy) is 1. The predicted octanol–water partition coefficient (Wildman–Crippen LogP) is 2.26. The van der Waals surface area contributed by atoms with Crippen molar-refractivity contribution in [3.63, 3.8) is 0 Å². The SMILES string of the molecule is Cc1ccn(-c2ccc(F)cc2)c(=O)c1C(=O)N1CCC2(CC1)COC(CN)C2. The number of nitrogens with zero attached hydrogens (tertiary/aromatic N) is 2. The van der Waals surface area contributed by atoms with E-state index in [9.17, 15) is 14.0 Å². The number of amides is 1. The molecule has 2 saturated heterocycles. The summed E-state index contributed by atoms with van der Waals surface area (Å²) in [4.78, 5) is 28.0. The molecule has 6 nitrogen and oxygen atoms in total. The van der Waals surface area contributed by atoms with E-state index in [4.69, 9.17) is 10.5 Å². The van der Waals surface area contributed by atoms with Crippen molar-refractivity contribution >= 4 is 5.91 Å². The lowest BCUT2D eigenvalue weighted by molar-refractivity contribution is 0.0499. The van der Waals surface area contributed by atoms with Gasteiger partial charge in [0.25, 0.3) is 11.5 Å². The number of hydrogen-bond acceptors (Lipinski definition) is 4. The highest BCUT2D eigenvalue weighted by molar-refractivity contribution is 5.95. The smallest absolute Gasteiger partial charge is 0.268 e. The Balaban J connectivity index is 1.56. The molecule has 1 aromatic heterocycles. The first kappa shape index (κ1) is 19.8. The minimum absolute atomic E-state index is 0.0981. The number of rotatable bonds is 3. The van der Waals surface area contributed by atoms with Gasteiger partial charge in [-0.2, -0.15) is 0 Å². The van der Waals surface area contributed by atoms with Crippen LogP contribution in [0.2, 0.25) is 0 Å². The van der Waals surface area contributed by atoms with Crippen LogP contribution in [0.1, 0.15) is 35.2 Å². The first-order valence-corrected chi connectivity index (χ1v) is 10.0. The van der Waals surface area contributed by atoms with Crippen LogP contribution in [-0.4, -0.2) is 47.7 Å². The van der Waals surface area contributed by atoms with Crippen LogP contribution in [0.25, 0.3) is 5.69 Å². The van der Waals surface area contributed by atoms with E-state index in [1.54, 1.807) is 24.1 Å². The van der Waals surface area contributed by atoms with Crippen molar-refractivity contribution in [1.82, 2.24) is 9.47 Å². The van der Waals surface area contributed by atoms with E-state index >= 15 is 0 Å². The zero-order chi connectivity index (χ0) is 20.6. The molecule has 4 rings (SSSR count). The fourth-order valence-corrected chi connectivity index (χ4v) is 4.43. The number of aromatic nitrogens is 1. The minimum atomic E-state index is -0.380. The summed E-state index contributed by atoms with van der Waals surface area (Å²) in [6.45, 7) is 4.19. The normalized spacial score (nSPS) is 20.9. The van der Waals surface area contributed by atoms with Gasteiger partial charge in [-0.05, 0) is 67.5 Å². The van der Waals surface area contributed by atoms with E-state index < -0.39 is 0 Å². The number of carbonyl (C=O) groups is 1. The molecule has 0 radical (unpaired) electrons. The predicted molar refractivity (Wildman–Crippen MR) is 108 cm³/mol. The Morgan fingerprint density at radius 3 is 2.55 bits per heavy atom. The van der Waals surface area contributed by atoms with E-state index in [0.29, 0.717) is 37.5 Å². The summed E-state index contributed by atoms with van der Waals surface area (Å²) in [5.74, 6) is -0.617. The summed E-state index contributed by atoms with van der Waals surface area (Å²) in [5, 5.41) is 0. The van der Waals surface area contributed by atoms with Crippen molar-refractivity contribution in [2.45, 2.75) is 32.3 Å². The number of hydrogen-bond donors (Lipinski definition) is 1. The quantitative estimate of drug-likeness (QED) is 0.859. The van der Waals surface area contributed by atoms with Gasteiger partial charge in [-0.1, -0.05) is 0 Å². The molecular weight excluding hydrogens is 373 g/mol. The molecule has 0 aliphatic carbocycles. The third-order valence-corrected chi connectivity index (χ3v) is 6.28. The first-order valence-electron chi connectivity index (χ1n) is 10.0. The van der Waals surface area contributed by atoms with E-state index in [0.717, 1.165) is 19.3 Å². The lowest BCUT2D eigenvalue weighted by Crippen LogP contribution is -2.45. The summed E-state index contributed by atoms with van der Waals surface area (Å²) in [5.41, 5.74) is 6.80. The summed E-state index contributed by atoms with van der Waals surface area (Å²) in [6, 6.07) is 7.40. The van der Waals surface area contributed by atoms with E-state index in [-0.39, 0.29) is 34.4 Å². The van der Waals surface area contributed by atoms with Gasteiger partial charge < -0.3 is 15.4 Å². The number of carbonyl (C=O) groups excluding carboxylic acids is 1. The molecule has 2 aliphatic heterocycles. The van der Waals surface area contributed by atoms with Gasteiger partial charge in [0.15, 0.2) is 0 Å². The standard InChI is InChI=1S/C22H26FN3O3/c1-15-6-9-26(17-4-2-16(23)3-5-17)21(28)19(15)20(27)25-10-7-22(8-11-25)12-18(13-24)29-14-22/h2-6,9,18H,7-8,10-14,24H2,1H3. The van der Waals surface area contributed by atoms with Gasteiger partial charge in [-0.15, -0.1) is 0 Å². The molecule has 3 heterocycles. The maximum absolute atomic E-state index is 13.2. The molecule has 2 fully saturated rings. The van der Waals surface area contributed by atoms with Crippen LogP contribution >= 0.6 is 0 Å². The highest BCUT2D eigenvalue weighted by atomic mass is 19.1. The van der Waals surface area contributed by atoms with E-state index in [1.807, 2.05) is 0 Å². The third kappa shape index (κ3) is 3.72. The van der Waals surface area contributed by atoms with Crippen molar-refractivity contribution in [2.75, 3.05) is 26.2 Å². The molecule has 2 aliphatic rings. The molecular formula is C22H26FN3O3. The second-order valence-corrected chi connectivity index (χ2v) is 8.19. The fraction of sp³-hybridized carbons (Fsp3) is 0.455. The number of pyridine rings is 1. The number of halogens is 1. The van der Waals surface area contributed by atoms with Crippen molar-refractivity contribution in [3.05, 3.63) is 63.8 Å². The van der Waals surface area contributed by atoms with Crippen LogP contribution in [0.4, 0.5) is 4.39 Å². The van der Waals surface area contributed by atoms with Crippen LogP contribution in [0.3, 0.4) is 0 Å². The molecule has 29 heavy (non-hydrogen) atoms. The number of benzene rings is 1. The highest BCUT2D eigenvalue weighted by Gasteiger charge is 2.43. The Bertz CT molecular complexity index is 962. The Morgan fingerprint density at radius 2 is 1.93 bits per heavy atom. The topological polar surface area (TPSA) is 77.6 Å². The van der Waals surface area contributed by atoms with Crippen molar-refractivity contribution in [3.8, 4) is 5.69 Å². The molecule has 0 bridgehead atoms. The number of nitrogens with two attached hydrogens (primary N) is 1. The first-order chi connectivity index (χ1) is 13.9. The zero-order valence-corrected chi connectivity index (χ0v) is 16.6. The fourth-order valence-electron chi connectivity index (χ4n) is 4.43. The van der Waals surface area contributed by atoms with Gasteiger partial charge in [-0.3, -0.25) is 14.2 Å². The summed E-state index contributed by atoms with van der Waals surface area (Å²) in [6.07, 6.45) is 4.38. The van der Waals surface area contributed by atoms with Gasteiger partial charge in [0.2, 0.25) is 0 Å². The van der Waals surface area contributed by atoms with Crippen LogP contribution in [0.15, 0.2) is 41.3 Å². The molecule has 154 valence electrons. The lowest BCUT2D eigenvalue weighted by atomic mass is 9.76. The van der Waals surface area contributed by atoms with Crippen molar-refractivity contribution < 1.29 is 13.9 Å². The molecule has 0 saturated carbocycles. The summed E-state index contributed by atoms with van der Waals surface area (Å²) < 4.78 is 20.4. The average Bonchev–Trinajstić information content (AvgIpc) is 3.12. The number of aryl methyl sites for hydroxylation is 1. The van der Waals surface area contributed by atoms with Gasteiger partial charge in [0, 0.05) is 31.5 Å². The highest BCUT2D eigenvalue weighted by Crippen LogP contribution is 2.41. The summed E-state index contributed by atoms with van der Waals surface area (Å²) >= 11 is 0. The molecule has 2 N–H and O–H groups in total. The second-order valence-electron chi connectivity index (χ2n) is 8.19. The van der Waals surface area contributed by atoms with Crippen LogP contribution < -0.4 is 11.3 Å². The molecule has 1 spiro atoms. The molecule has 1 aromatic carbocycles. The number of piperidine rings is 1. The lowest BCUT2D eigenvalue weighted by Gasteiger charge is -2.38. The second kappa shape index (κ2) is 7.72. The Morgan fingerprint density at radius 1 is 1.24 bits per heavy atom. The van der Waals surface area contributed by atoms with Crippen molar-refractivity contribution in [2.24, 2.45) is 11.1 Å². The van der Waals surface area contributed by atoms with Crippen LogP contribution in [0, 0.1) is 18.2 Å². The Hall–Kier alpha value is -2.51. The van der Waals surface area contributed by atoms with E-state index in [2.05, 4.69) is 0 Å². The van der Waals surface area contributed by atoms with Crippen LogP contribution in [-0.2, 0) is 4.74 Å². The average molecular weight is 399 g/mol. The van der Waals surface area contributed by atoms with Gasteiger partial charge in [-0.25, -0.2) is 4.39 Å². The van der Waals surface area contributed by atoms with Crippen molar-refractivity contribution in [1.29, 1.82) is 0 Å². The largest absolute Gasteiger partial charge is 0.376 e. The Kier molecular flexibility index (Phi) is 5.27. The Labute approximate surface area is 169 Å². The molecule has 7 heteroatoms.